The van der Waals surface area contributed by atoms with Gasteiger partial charge in [-0.3, -0.25) is 0 Å². The van der Waals surface area contributed by atoms with Gasteiger partial charge in [-0.25, -0.2) is 4.39 Å². The summed E-state index contributed by atoms with van der Waals surface area (Å²) in [4.78, 5) is 0. The number of alkyl halides is 2. The smallest absolute Gasteiger partial charge is 0.272 e. The molecular formula is C9H8F2O2. The Hall–Kier alpha value is -1.16. The minimum Gasteiger partial charge on any atom is -0.457 e. The fourth-order valence-electron chi connectivity index (χ4n) is 1.33. The summed E-state index contributed by atoms with van der Waals surface area (Å²) >= 11 is 0. The molecule has 3 atom stereocenters. The lowest BCUT2D eigenvalue weighted by molar-refractivity contribution is -0.0819. The molecule has 0 aromatic heterocycles. The number of halogens is 2. The van der Waals surface area contributed by atoms with E-state index >= 15 is 0 Å². The van der Waals surface area contributed by atoms with Crippen molar-refractivity contribution in [2.75, 3.05) is 0 Å². The van der Waals surface area contributed by atoms with Gasteiger partial charge in [0.05, 0.1) is 0 Å². The van der Waals surface area contributed by atoms with E-state index in [1.165, 1.54) is 12.1 Å². The van der Waals surface area contributed by atoms with Crippen molar-refractivity contribution in [1.82, 2.24) is 0 Å². The van der Waals surface area contributed by atoms with E-state index in [9.17, 15) is 13.9 Å². The van der Waals surface area contributed by atoms with Crippen molar-refractivity contribution in [2.45, 2.75) is 18.6 Å². The standard InChI is InChI=1S/C9H8F2O2/c10-7-8(12)5-3-1-2-4-6(5)13-9(7)11/h1-4,7-9,12H. The topological polar surface area (TPSA) is 29.5 Å². The van der Waals surface area contributed by atoms with E-state index in [1.54, 1.807) is 12.1 Å². The van der Waals surface area contributed by atoms with Crippen LogP contribution in [0, 0.1) is 0 Å². The molecular weight excluding hydrogens is 178 g/mol. The summed E-state index contributed by atoms with van der Waals surface area (Å²) in [6.07, 6.45) is -5.51. The third-order valence-electron chi connectivity index (χ3n) is 2.03. The van der Waals surface area contributed by atoms with Gasteiger partial charge in [-0.2, -0.15) is 4.39 Å². The molecule has 0 spiro atoms. The molecule has 3 unspecified atom stereocenters. The Balaban J connectivity index is 2.43. The summed E-state index contributed by atoms with van der Waals surface area (Å²) in [7, 11) is 0. The highest BCUT2D eigenvalue weighted by Crippen LogP contribution is 2.36. The molecule has 1 aliphatic rings. The monoisotopic (exact) mass is 186 g/mol. The molecule has 0 amide bonds. The Morgan fingerprint density at radius 3 is 2.69 bits per heavy atom. The third-order valence-corrected chi connectivity index (χ3v) is 2.03. The van der Waals surface area contributed by atoms with Crippen LogP contribution in [0.5, 0.6) is 5.75 Å². The first-order valence-electron chi connectivity index (χ1n) is 3.92. The predicted molar refractivity (Wildman–Crippen MR) is 41.8 cm³/mol. The zero-order chi connectivity index (χ0) is 9.42. The number of hydrogen-bond acceptors (Lipinski definition) is 2. The SMILES string of the molecule is OC1c2ccccc2OC(F)C1F. The van der Waals surface area contributed by atoms with Gasteiger partial charge in [0.2, 0.25) is 0 Å². The van der Waals surface area contributed by atoms with Crippen LogP contribution in [0.2, 0.25) is 0 Å². The second kappa shape index (κ2) is 2.96. The molecule has 13 heavy (non-hydrogen) atoms. The average Bonchev–Trinajstić information content (AvgIpc) is 2.15. The Labute approximate surface area is 73.8 Å². The summed E-state index contributed by atoms with van der Waals surface area (Å²) in [6, 6.07) is 6.28. The third kappa shape index (κ3) is 1.27. The molecule has 0 aliphatic carbocycles. The van der Waals surface area contributed by atoms with E-state index in [1.807, 2.05) is 0 Å². The van der Waals surface area contributed by atoms with Crippen LogP contribution in [0.15, 0.2) is 24.3 Å². The average molecular weight is 186 g/mol. The molecule has 0 bridgehead atoms. The summed E-state index contributed by atoms with van der Waals surface area (Å²) < 4.78 is 30.3. The lowest BCUT2D eigenvalue weighted by Gasteiger charge is -2.27. The molecule has 1 N–H and O–H groups in total. The number of rotatable bonds is 0. The van der Waals surface area contributed by atoms with Gasteiger partial charge in [0.15, 0.2) is 6.17 Å². The van der Waals surface area contributed by atoms with Crippen LogP contribution in [0.25, 0.3) is 0 Å². The number of ether oxygens (including phenoxy) is 1. The molecule has 1 aromatic rings. The van der Waals surface area contributed by atoms with Crippen molar-refractivity contribution < 1.29 is 18.6 Å². The highest BCUT2D eigenvalue weighted by Gasteiger charge is 2.37. The Kier molecular flexibility index (Phi) is 1.92. The van der Waals surface area contributed by atoms with E-state index in [0.717, 1.165) is 0 Å². The van der Waals surface area contributed by atoms with Gasteiger partial charge in [0.1, 0.15) is 11.9 Å². The van der Waals surface area contributed by atoms with Crippen LogP contribution >= 0.6 is 0 Å². The zero-order valence-electron chi connectivity index (χ0n) is 6.65. The van der Waals surface area contributed by atoms with Gasteiger partial charge in [0, 0.05) is 5.56 Å². The maximum atomic E-state index is 12.9. The molecule has 2 nitrogen and oxygen atoms in total. The molecule has 1 aromatic carbocycles. The van der Waals surface area contributed by atoms with Crippen LogP contribution in [0.3, 0.4) is 0 Å². The molecule has 1 heterocycles. The van der Waals surface area contributed by atoms with Crippen molar-refractivity contribution in [3.8, 4) is 5.75 Å². The summed E-state index contributed by atoms with van der Waals surface area (Å²) in [5.41, 5.74) is 0.295. The Morgan fingerprint density at radius 2 is 1.92 bits per heavy atom. The van der Waals surface area contributed by atoms with E-state index < -0.39 is 18.6 Å². The van der Waals surface area contributed by atoms with Crippen molar-refractivity contribution in [1.29, 1.82) is 0 Å². The summed E-state index contributed by atoms with van der Waals surface area (Å²) in [6.45, 7) is 0. The van der Waals surface area contributed by atoms with E-state index in [0.29, 0.717) is 5.56 Å². The van der Waals surface area contributed by atoms with Gasteiger partial charge in [-0.15, -0.1) is 0 Å². The number of aliphatic hydroxyl groups excluding tert-OH is 1. The van der Waals surface area contributed by atoms with E-state index in [2.05, 4.69) is 4.74 Å². The van der Waals surface area contributed by atoms with Gasteiger partial charge in [-0.1, -0.05) is 18.2 Å². The molecule has 70 valence electrons. The fourth-order valence-corrected chi connectivity index (χ4v) is 1.33. The highest BCUT2D eigenvalue weighted by molar-refractivity contribution is 5.37. The van der Waals surface area contributed by atoms with Crippen LogP contribution < -0.4 is 4.74 Å². The quantitative estimate of drug-likeness (QED) is 0.668. The Morgan fingerprint density at radius 1 is 1.23 bits per heavy atom. The van der Waals surface area contributed by atoms with E-state index in [-0.39, 0.29) is 5.75 Å². The normalized spacial score (nSPS) is 32.1. The highest BCUT2D eigenvalue weighted by atomic mass is 19.2. The van der Waals surface area contributed by atoms with Gasteiger partial charge < -0.3 is 9.84 Å². The van der Waals surface area contributed by atoms with Crippen LogP contribution in [0.4, 0.5) is 8.78 Å². The molecule has 0 saturated carbocycles. The number of hydrogen-bond donors (Lipinski definition) is 1. The van der Waals surface area contributed by atoms with Crippen molar-refractivity contribution in [2.24, 2.45) is 0 Å². The Bertz CT molecular complexity index is 316. The van der Waals surface area contributed by atoms with Crippen LogP contribution in [-0.4, -0.2) is 17.6 Å². The minimum atomic E-state index is -2.08. The lowest BCUT2D eigenvalue weighted by atomic mass is 10.0. The summed E-state index contributed by atoms with van der Waals surface area (Å²) in [5, 5.41) is 9.31. The number of fused-ring (bicyclic) bond motifs is 1. The number of aliphatic hydroxyl groups is 1. The first kappa shape index (κ1) is 8.44. The van der Waals surface area contributed by atoms with Gasteiger partial charge >= 0.3 is 0 Å². The molecule has 1 aliphatic heterocycles. The minimum absolute atomic E-state index is 0.205. The second-order valence-electron chi connectivity index (χ2n) is 2.90. The number of benzene rings is 1. The molecule has 4 heteroatoms. The van der Waals surface area contributed by atoms with Crippen molar-refractivity contribution >= 4 is 0 Å². The molecule has 2 rings (SSSR count). The second-order valence-corrected chi connectivity index (χ2v) is 2.90. The van der Waals surface area contributed by atoms with Crippen molar-refractivity contribution in [3.05, 3.63) is 29.8 Å². The zero-order valence-corrected chi connectivity index (χ0v) is 6.65. The number of para-hydroxylation sites is 1. The fraction of sp³-hybridized carbons (Fsp3) is 0.333. The predicted octanol–water partition coefficient (Wildman–Crippen LogP) is 1.75. The molecule has 0 fully saturated rings. The molecule has 0 radical (unpaired) electrons. The molecule has 0 saturated heterocycles. The van der Waals surface area contributed by atoms with E-state index in [4.69, 9.17) is 0 Å². The largest absolute Gasteiger partial charge is 0.457 e. The first-order valence-corrected chi connectivity index (χ1v) is 3.92. The van der Waals surface area contributed by atoms with Gasteiger partial charge in [-0.05, 0) is 6.07 Å². The maximum Gasteiger partial charge on any atom is 0.272 e. The lowest BCUT2D eigenvalue weighted by Crippen LogP contribution is -2.34. The van der Waals surface area contributed by atoms with Crippen LogP contribution in [-0.2, 0) is 0 Å². The first-order chi connectivity index (χ1) is 6.20. The summed E-state index contributed by atoms with van der Waals surface area (Å²) in [5.74, 6) is 0.205. The maximum absolute atomic E-state index is 12.9. The van der Waals surface area contributed by atoms with Gasteiger partial charge in [0.25, 0.3) is 6.36 Å². The van der Waals surface area contributed by atoms with Crippen LogP contribution in [0.1, 0.15) is 11.7 Å². The van der Waals surface area contributed by atoms with Crippen molar-refractivity contribution in [3.63, 3.8) is 0 Å².